The van der Waals surface area contributed by atoms with Gasteiger partial charge in [-0.05, 0) is 32.1 Å². The predicted molar refractivity (Wildman–Crippen MR) is 86.5 cm³/mol. The summed E-state index contributed by atoms with van der Waals surface area (Å²) in [6.07, 6.45) is 10.0. The van der Waals surface area contributed by atoms with Crippen LogP contribution in [0.25, 0.3) is 0 Å². The second-order valence-corrected chi connectivity index (χ2v) is 5.19. The van der Waals surface area contributed by atoms with Crippen LogP contribution in [-0.2, 0) is 4.74 Å². The summed E-state index contributed by atoms with van der Waals surface area (Å²) in [5.41, 5.74) is 8.18. The first-order valence-corrected chi connectivity index (χ1v) is 7.56. The number of hydrogen-bond donors (Lipinski definition) is 3. The second kappa shape index (κ2) is 8.46. The molecule has 0 aromatic carbocycles. The summed E-state index contributed by atoms with van der Waals surface area (Å²) in [4.78, 5) is 8.37. The van der Waals surface area contributed by atoms with Crippen LogP contribution in [-0.4, -0.2) is 36.8 Å². The van der Waals surface area contributed by atoms with Crippen LogP contribution in [0, 0.1) is 0 Å². The summed E-state index contributed by atoms with van der Waals surface area (Å²) >= 11 is 0. The summed E-state index contributed by atoms with van der Waals surface area (Å²) in [5.74, 6) is 1.35. The molecule has 0 amide bonds. The van der Waals surface area contributed by atoms with Gasteiger partial charge in [0, 0.05) is 20.2 Å². The molecule has 0 atom stereocenters. The number of nitrogens with zero attached hydrogens (tertiary/aromatic N) is 2. The third-order valence-corrected chi connectivity index (χ3v) is 3.61. The second-order valence-electron chi connectivity index (χ2n) is 5.19. The molecule has 1 aromatic heterocycles. The minimum absolute atomic E-state index is 0.561. The van der Waals surface area contributed by atoms with Gasteiger partial charge in [-0.2, -0.15) is 0 Å². The summed E-state index contributed by atoms with van der Waals surface area (Å²) in [5, 5.41) is 6.44. The lowest BCUT2D eigenvalue weighted by Gasteiger charge is -2.15. The highest BCUT2D eigenvalue weighted by atomic mass is 16.5. The standard InChI is InChI=1S/C15H25N5O/c1-21-10-9-18-15-13(16)14(19-11-20-15)17-8-7-12-5-3-2-4-6-12/h5,11H,2-4,6-10,16H2,1H3,(H2,17,18,19,20). The van der Waals surface area contributed by atoms with Crippen LogP contribution >= 0.6 is 0 Å². The number of anilines is 3. The smallest absolute Gasteiger partial charge is 0.154 e. The Morgan fingerprint density at radius 1 is 1.19 bits per heavy atom. The van der Waals surface area contributed by atoms with E-state index in [4.69, 9.17) is 10.5 Å². The molecule has 2 rings (SSSR count). The van der Waals surface area contributed by atoms with E-state index in [1.807, 2.05) is 0 Å². The third-order valence-electron chi connectivity index (χ3n) is 3.61. The highest BCUT2D eigenvalue weighted by Gasteiger charge is 2.08. The van der Waals surface area contributed by atoms with E-state index < -0.39 is 0 Å². The number of nitrogen functional groups attached to an aromatic ring is 1. The van der Waals surface area contributed by atoms with E-state index in [9.17, 15) is 0 Å². The molecule has 116 valence electrons. The van der Waals surface area contributed by atoms with E-state index in [1.165, 1.54) is 32.0 Å². The molecular formula is C15H25N5O. The quantitative estimate of drug-likeness (QED) is 0.504. The first kappa shape index (κ1) is 15.6. The maximum Gasteiger partial charge on any atom is 0.154 e. The lowest BCUT2D eigenvalue weighted by Crippen LogP contribution is -2.13. The fraction of sp³-hybridized carbons (Fsp3) is 0.600. The van der Waals surface area contributed by atoms with Crippen LogP contribution in [0.5, 0.6) is 0 Å². The fourth-order valence-electron chi connectivity index (χ4n) is 2.42. The maximum atomic E-state index is 6.08. The van der Waals surface area contributed by atoms with Crippen molar-refractivity contribution < 1.29 is 4.74 Å². The number of allylic oxidation sites excluding steroid dienone is 1. The summed E-state index contributed by atoms with van der Waals surface area (Å²) in [7, 11) is 1.66. The molecule has 21 heavy (non-hydrogen) atoms. The minimum atomic E-state index is 0.561. The summed E-state index contributed by atoms with van der Waals surface area (Å²) in [6, 6.07) is 0. The average Bonchev–Trinajstić information content (AvgIpc) is 2.52. The number of nitrogens with two attached hydrogens (primary N) is 1. The molecule has 0 spiro atoms. The zero-order chi connectivity index (χ0) is 14.9. The Hall–Kier alpha value is -1.82. The predicted octanol–water partition coefficient (Wildman–Crippen LogP) is 2.42. The van der Waals surface area contributed by atoms with Gasteiger partial charge in [-0.25, -0.2) is 9.97 Å². The molecule has 1 aliphatic rings. The SMILES string of the molecule is COCCNc1ncnc(NCCC2=CCCCC2)c1N. The van der Waals surface area contributed by atoms with Crippen molar-refractivity contribution in [1.29, 1.82) is 0 Å². The van der Waals surface area contributed by atoms with Crippen molar-refractivity contribution >= 4 is 17.3 Å². The van der Waals surface area contributed by atoms with Crippen LogP contribution in [0.15, 0.2) is 18.0 Å². The molecule has 1 heterocycles. The average molecular weight is 291 g/mol. The highest BCUT2D eigenvalue weighted by molar-refractivity contribution is 5.73. The molecule has 0 radical (unpaired) electrons. The Kier molecular flexibility index (Phi) is 6.27. The lowest BCUT2D eigenvalue weighted by molar-refractivity contribution is 0.210. The highest BCUT2D eigenvalue weighted by Crippen LogP contribution is 2.23. The van der Waals surface area contributed by atoms with Gasteiger partial charge in [0.05, 0.1) is 6.61 Å². The van der Waals surface area contributed by atoms with Crippen LogP contribution in [0.2, 0.25) is 0 Å². The lowest BCUT2D eigenvalue weighted by atomic mass is 9.97. The molecule has 4 N–H and O–H groups in total. The number of hydrogen-bond acceptors (Lipinski definition) is 6. The van der Waals surface area contributed by atoms with Crippen molar-refractivity contribution in [3.63, 3.8) is 0 Å². The van der Waals surface area contributed by atoms with Crippen molar-refractivity contribution in [1.82, 2.24) is 9.97 Å². The summed E-state index contributed by atoms with van der Waals surface area (Å²) < 4.78 is 5.00. The van der Waals surface area contributed by atoms with Gasteiger partial charge in [-0.1, -0.05) is 11.6 Å². The zero-order valence-corrected chi connectivity index (χ0v) is 12.7. The number of methoxy groups -OCH3 is 1. The summed E-state index contributed by atoms with van der Waals surface area (Å²) in [6.45, 7) is 2.13. The van der Waals surface area contributed by atoms with Crippen molar-refractivity contribution in [2.75, 3.05) is 43.2 Å². The topological polar surface area (TPSA) is 85.1 Å². The Bertz CT molecular complexity index is 475. The Morgan fingerprint density at radius 2 is 1.95 bits per heavy atom. The van der Waals surface area contributed by atoms with Crippen molar-refractivity contribution in [2.45, 2.75) is 32.1 Å². The largest absolute Gasteiger partial charge is 0.393 e. The fourth-order valence-corrected chi connectivity index (χ4v) is 2.42. The first-order valence-electron chi connectivity index (χ1n) is 7.56. The van der Waals surface area contributed by atoms with Crippen molar-refractivity contribution in [2.24, 2.45) is 0 Å². The molecule has 1 aromatic rings. The number of rotatable bonds is 8. The molecule has 0 saturated carbocycles. The van der Waals surface area contributed by atoms with Crippen LogP contribution in [0.3, 0.4) is 0 Å². The van der Waals surface area contributed by atoms with E-state index in [-0.39, 0.29) is 0 Å². The molecule has 0 bridgehead atoms. The van der Waals surface area contributed by atoms with E-state index in [0.29, 0.717) is 30.5 Å². The van der Waals surface area contributed by atoms with E-state index >= 15 is 0 Å². The van der Waals surface area contributed by atoms with Gasteiger partial charge in [0.25, 0.3) is 0 Å². The Morgan fingerprint density at radius 3 is 2.62 bits per heavy atom. The number of aromatic nitrogens is 2. The third kappa shape index (κ3) is 4.90. The van der Waals surface area contributed by atoms with Crippen LogP contribution in [0.1, 0.15) is 32.1 Å². The van der Waals surface area contributed by atoms with Crippen LogP contribution < -0.4 is 16.4 Å². The zero-order valence-electron chi connectivity index (χ0n) is 12.7. The van der Waals surface area contributed by atoms with E-state index in [2.05, 4.69) is 26.7 Å². The van der Waals surface area contributed by atoms with Crippen LogP contribution in [0.4, 0.5) is 17.3 Å². The molecule has 1 aliphatic carbocycles. The van der Waals surface area contributed by atoms with Gasteiger partial charge in [-0.15, -0.1) is 0 Å². The van der Waals surface area contributed by atoms with Crippen molar-refractivity contribution in [3.8, 4) is 0 Å². The van der Waals surface area contributed by atoms with Gasteiger partial charge in [0.2, 0.25) is 0 Å². The van der Waals surface area contributed by atoms with Crippen molar-refractivity contribution in [3.05, 3.63) is 18.0 Å². The molecule has 6 nitrogen and oxygen atoms in total. The molecule has 0 fully saturated rings. The van der Waals surface area contributed by atoms with E-state index in [0.717, 1.165) is 13.0 Å². The van der Waals surface area contributed by atoms with Gasteiger partial charge < -0.3 is 21.1 Å². The monoisotopic (exact) mass is 291 g/mol. The normalized spacial score (nSPS) is 14.6. The minimum Gasteiger partial charge on any atom is -0.393 e. The molecule has 0 saturated heterocycles. The Balaban J connectivity index is 1.84. The van der Waals surface area contributed by atoms with Gasteiger partial charge in [0.1, 0.15) is 12.0 Å². The molecule has 6 heteroatoms. The van der Waals surface area contributed by atoms with E-state index in [1.54, 1.807) is 12.7 Å². The molecule has 0 aliphatic heterocycles. The van der Waals surface area contributed by atoms with Gasteiger partial charge >= 0.3 is 0 Å². The first-order chi connectivity index (χ1) is 10.3. The Labute approximate surface area is 126 Å². The van der Waals surface area contributed by atoms with Gasteiger partial charge in [-0.3, -0.25) is 0 Å². The number of nitrogens with one attached hydrogen (secondary N) is 2. The van der Waals surface area contributed by atoms with Gasteiger partial charge in [0.15, 0.2) is 11.6 Å². The number of ether oxygens (including phenoxy) is 1. The molecule has 0 unspecified atom stereocenters. The maximum absolute atomic E-state index is 6.08. The molecular weight excluding hydrogens is 266 g/mol.